The molecule has 6 nitrogen and oxygen atoms in total. The number of aryl methyl sites for hydroxylation is 1. The summed E-state index contributed by atoms with van der Waals surface area (Å²) in [6.45, 7) is 2.16. The zero-order valence-electron chi connectivity index (χ0n) is 33.5. The van der Waals surface area contributed by atoms with Gasteiger partial charge < -0.3 is 0 Å². The third-order valence-electron chi connectivity index (χ3n) is 14.8. The average molecular weight is 801 g/mol. The molecule has 3 aromatic heterocycles. The number of imidazole rings is 2. The van der Waals surface area contributed by atoms with Gasteiger partial charge in [-0.1, -0.05) is 103 Å². The first-order valence-electron chi connectivity index (χ1n) is 21.4. The zero-order valence-corrected chi connectivity index (χ0v) is 33.5. The fourth-order valence-corrected chi connectivity index (χ4v) is 12.3. The SMILES string of the molecule is Cc1ccc2c3ccc4c5ccc6c7ccc8c9c(ccc(c%10ccc(c%11ccc(c%12ccc(-c%13nc%14ccccc%14n%13C=O)c1c%122)c3c%114)c5c%106)c79)c(=O)n1c2ccccc2nc81. The topological polar surface area (TPSA) is 69.3 Å². The molecule has 0 saturated heterocycles. The lowest BCUT2D eigenvalue weighted by molar-refractivity contribution is 0.549. The van der Waals surface area contributed by atoms with Gasteiger partial charge in [0.25, 0.3) is 5.56 Å². The number of fused-ring (bicyclic) bond motifs is 11. The lowest BCUT2D eigenvalue weighted by atomic mass is 9.81. The number of hydrogen-bond acceptors (Lipinski definition) is 4. The molecule has 13 aromatic carbocycles. The van der Waals surface area contributed by atoms with Crippen LogP contribution in [0, 0.1) is 6.92 Å². The molecular formula is C57H28N4O2. The first kappa shape index (κ1) is 32.3. The Hall–Kier alpha value is -8.48. The van der Waals surface area contributed by atoms with Crippen molar-refractivity contribution in [2.45, 2.75) is 6.92 Å². The third kappa shape index (κ3) is 3.57. The van der Waals surface area contributed by atoms with Gasteiger partial charge in [-0.2, -0.15) is 0 Å². The Morgan fingerprint density at radius 2 is 0.778 bits per heavy atom. The standard InChI is InChI=1S/C57H28N4O2/c1-27-10-11-28-30-12-14-32-34-16-18-36-38-21-24-41-54-42(57(63)61-46-9-5-3-7-44(46)59-56(41)61)25-22-39(53(38)54)37-19-17-35(51(34)52(36)37)33-15-13-31(49(30)50(32)33)29-20-23-40(47(27)48(28)29)55-58-43-6-2-4-8-45(43)60(55)26-62/h2-26H,1H3. The van der Waals surface area contributed by atoms with Gasteiger partial charge in [0.15, 0.2) is 0 Å². The predicted molar refractivity (Wildman–Crippen MR) is 262 cm³/mol. The lowest BCUT2D eigenvalue weighted by Crippen LogP contribution is -2.13. The summed E-state index contributed by atoms with van der Waals surface area (Å²) in [7, 11) is 0. The van der Waals surface area contributed by atoms with E-state index in [4.69, 9.17) is 9.97 Å². The number of carbonyl (C=O) groups is 1. The smallest absolute Gasteiger partial charge is 0.264 e. The molecule has 288 valence electrons. The van der Waals surface area contributed by atoms with Gasteiger partial charge in [-0.05, 0) is 157 Å². The van der Waals surface area contributed by atoms with Crippen molar-refractivity contribution >= 4 is 153 Å². The molecule has 0 saturated carbocycles. The highest BCUT2D eigenvalue weighted by molar-refractivity contribution is 6.47. The summed E-state index contributed by atoms with van der Waals surface area (Å²) in [5.41, 5.74) is 6.02. The van der Waals surface area contributed by atoms with Gasteiger partial charge in [-0.3, -0.25) is 18.6 Å². The van der Waals surface area contributed by atoms with Gasteiger partial charge in [-0.25, -0.2) is 9.97 Å². The van der Waals surface area contributed by atoms with Crippen molar-refractivity contribution in [3.8, 4) is 11.4 Å². The van der Waals surface area contributed by atoms with Crippen LogP contribution in [0.5, 0.6) is 0 Å². The molecular weight excluding hydrogens is 773 g/mol. The molecule has 0 amide bonds. The van der Waals surface area contributed by atoms with E-state index in [1.165, 1.54) is 80.8 Å². The number of rotatable bonds is 2. The number of nitrogens with zero attached hydrogens (tertiary/aromatic N) is 4. The summed E-state index contributed by atoms with van der Waals surface area (Å²) >= 11 is 0. The molecule has 0 bridgehead atoms. The van der Waals surface area contributed by atoms with Gasteiger partial charge in [0.2, 0.25) is 6.41 Å². The molecule has 0 radical (unpaired) electrons. The molecule has 6 heteroatoms. The Bertz CT molecular complexity index is 4730. The first-order valence-corrected chi connectivity index (χ1v) is 21.4. The third-order valence-corrected chi connectivity index (χ3v) is 14.8. The van der Waals surface area contributed by atoms with Crippen molar-refractivity contribution in [1.29, 1.82) is 0 Å². The van der Waals surface area contributed by atoms with E-state index in [0.717, 1.165) is 71.9 Å². The van der Waals surface area contributed by atoms with E-state index in [9.17, 15) is 9.59 Å². The Balaban J connectivity index is 1.01. The quantitative estimate of drug-likeness (QED) is 0.0992. The summed E-state index contributed by atoms with van der Waals surface area (Å²) in [5.74, 6) is 0.655. The predicted octanol–water partition coefficient (Wildman–Crippen LogP) is 13.6. The number of aromatic nitrogens is 4. The van der Waals surface area contributed by atoms with E-state index in [2.05, 4.69) is 97.9 Å². The van der Waals surface area contributed by atoms with E-state index < -0.39 is 0 Å². The highest BCUT2D eigenvalue weighted by Gasteiger charge is 2.26. The van der Waals surface area contributed by atoms with Crippen molar-refractivity contribution in [3.63, 3.8) is 0 Å². The molecule has 16 rings (SSSR count). The van der Waals surface area contributed by atoms with Crippen molar-refractivity contribution in [2.24, 2.45) is 0 Å². The number of pyridine rings is 1. The van der Waals surface area contributed by atoms with Crippen molar-refractivity contribution in [2.75, 3.05) is 0 Å². The van der Waals surface area contributed by atoms with Crippen molar-refractivity contribution in [1.82, 2.24) is 18.9 Å². The highest BCUT2D eigenvalue weighted by Crippen LogP contribution is 2.52. The zero-order chi connectivity index (χ0) is 41.1. The average Bonchev–Trinajstić information content (AvgIpc) is 3.91. The number of benzene rings is 13. The van der Waals surface area contributed by atoms with Crippen LogP contribution < -0.4 is 5.56 Å². The molecule has 0 aliphatic carbocycles. The number of hydrogen-bond donors (Lipinski definition) is 0. The number of para-hydroxylation sites is 4. The summed E-state index contributed by atoms with van der Waals surface area (Å²) in [6, 6.07) is 51.8. The van der Waals surface area contributed by atoms with Gasteiger partial charge in [0, 0.05) is 21.7 Å². The normalized spacial score (nSPS) is 13.0. The summed E-state index contributed by atoms with van der Waals surface area (Å²) in [6.07, 6.45) is 0.879. The lowest BCUT2D eigenvalue weighted by Gasteiger charge is -2.22. The van der Waals surface area contributed by atoms with Crippen LogP contribution in [0.4, 0.5) is 0 Å². The maximum absolute atomic E-state index is 14.3. The maximum Gasteiger partial charge on any atom is 0.264 e. The molecule has 0 N–H and O–H groups in total. The second-order valence-electron chi connectivity index (χ2n) is 17.5. The molecule has 0 unspecified atom stereocenters. The summed E-state index contributed by atoms with van der Waals surface area (Å²) < 4.78 is 3.47. The van der Waals surface area contributed by atoms with Crippen molar-refractivity contribution in [3.05, 3.63) is 162 Å². The fraction of sp³-hybridized carbons (Fsp3) is 0.0175. The molecule has 0 spiro atoms. The summed E-state index contributed by atoms with van der Waals surface area (Å²) in [5, 5.41) is 25.7. The minimum absolute atomic E-state index is 0.0317. The minimum atomic E-state index is -0.0317. The molecule has 0 fully saturated rings. The first-order chi connectivity index (χ1) is 31.1. The van der Waals surface area contributed by atoms with Crippen LogP contribution in [0.3, 0.4) is 0 Å². The Morgan fingerprint density at radius 1 is 0.397 bits per heavy atom. The van der Waals surface area contributed by atoms with E-state index >= 15 is 0 Å². The maximum atomic E-state index is 14.3. The highest BCUT2D eigenvalue weighted by atomic mass is 16.1. The van der Waals surface area contributed by atoms with E-state index in [1.807, 2.05) is 54.6 Å². The van der Waals surface area contributed by atoms with Crippen LogP contribution in [-0.2, 0) is 4.79 Å². The van der Waals surface area contributed by atoms with E-state index in [-0.39, 0.29) is 5.56 Å². The van der Waals surface area contributed by atoms with Gasteiger partial charge in [-0.15, -0.1) is 0 Å². The second kappa shape index (κ2) is 10.7. The van der Waals surface area contributed by atoms with E-state index in [0.29, 0.717) is 16.9 Å². The Morgan fingerprint density at radius 3 is 1.29 bits per heavy atom. The van der Waals surface area contributed by atoms with Gasteiger partial charge >= 0.3 is 0 Å². The fourth-order valence-electron chi connectivity index (χ4n) is 12.3. The molecule has 63 heavy (non-hydrogen) atoms. The van der Waals surface area contributed by atoms with Crippen molar-refractivity contribution < 1.29 is 4.79 Å². The van der Waals surface area contributed by atoms with Gasteiger partial charge in [0.05, 0.1) is 22.1 Å². The Kier molecular flexibility index (Phi) is 5.48. The monoisotopic (exact) mass is 800 g/mol. The molecule has 0 aliphatic heterocycles. The minimum Gasteiger partial charge on any atom is -0.278 e. The molecule has 0 aliphatic rings. The van der Waals surface area contributed by atoms with Crippen LogP contribution in [0.2, 0.25) is 0 Å². The van der Waals surface area contributed by atoms with E-state index in [1.54, 1.807) is 8.97 Å². The number of carbonyl (C=O) groups excluding carboxylic acids is 1. The molecule has 16 aromatic rings. The van der Waals surface area contributed by atoms with Crippen LogP contribution in [0.15, 0.2) is 150 Å². The Labute approximate surface area is 354 Å². The molecule has 3 heterocycles. The van der Waals surface area contributed by atoms with Crippen LogP contribution in [-0.4, -0.2) is 25.3 Å². The van der Waals surface area contributed by atoms with Crippen LogP contribution >= 0.6 is 0 Å². The second-order valence-corrected chi connectivity index (χ2v) is 17.5. The van der Waals surface area contributed by atoms with Crippen LogP contribution in [0.1, 0.15) is 5.56 Å². The molecule has 0 atom stereocenters. The largest absolute Gasteiger partial charge is 0.278 e. The summed E-state index contributed by atoms with van der Waals surface area (Å²) in [4.78, 5) is 36.9. The van der Waals surface area contributed by atoms with Crippen LogP contribution in [0.25, 0.3) is 158 Å². The van der Waals surface area contributed by atoms with Gasteiger partial charge in [0.1, 0.15) is 11.5 Å².